The number of hydrogen-bond acceptors (Lipinski definition) is 4. The quantitative estimate of drug-likeness (QED) is 0.892. The Morgan fingerprint density at radius 1 is 1.33 bits per heavy atom. The number of fused-ring (bicyclic) bond motifs is 1. The molecule has 5 nitrogen and oxygen atoms in total. The molecule has 0 atom stereocenters. The fraction of sp³-hybridized carbons (Fsp3) is 0.333. The van der Waals surface area contributed by atoms with Crippen LogP contribution in [0.5, 0.6) is 0 Å². The van der Waals surface area contributed by atoms with Crippen LogP contribution < -0.4 is 11.1 Å². The van der Waals surface area contributed by atoms with Gasteiger partial charge in [-0.05, 0) is 37.1 Å². The third-order valence-corrected chi connectivity index (χ3v) is 4.11. The molecular weight excluding hydrogens is 290 g/mol. The van der Waals surface area contributed by atoms with Crippen molar-refractivity contribution in [1.29, 1.82) is 0 Å². The maximum absolute atomic E-state index is 12.5. The first-order valence-corrected chi connectivity index (χ1v) is 7.19. The highest BCUT2D eigenvalue weighted by Gasteiger charge is 2.36. The SMILES string of the molecule is NC1(C(=O)Nc2ccc(Cl)c3ncccc23)CCOCC1. The van der Waals surface area contributed by atoms with E-state index >= 15 is 0 Å². The number of amides is 1. The zero-order valence-corrected chi connectivity index (χ0v) is 12.2. The van der Waals surface area contributed by atoms with Gasteiger partial charge in [-0.25, -0.2) is 0 Å². The summed E-state index contributed by atoms with van der Waals surface area (Å²) in [6, 6.07) is 7.17. The Kier molecular flexibility index (Phi) is 3.80. The molecule has 0 spiro atoms. The molecule has 0 aliphatic carbocycles. The second-order valence-electron chi connectivity index (χ2n) is 5.22. The number of nitrogens with one attached hydrogen (secondary N) is 1. The average Bonchev–Trinajstić information content (AvgIpc) is 2.51. The number of aromatic nitrogens is 1. The molecule has 21 heavy (non-hydrogen) atoms. The van der Waals surface area contributed by atoms with Crippen LogP contribution in [-0.4, -0.2) is 29.6 Å². The van der Waals surface area contributed by atoms with Crippen molar-refractivity contribution < 1.29 is 9.53 Å². The highest BCUT2D eigenvalue weighted by atomic mass is 35.5. The Hall–Kier alpha value is -1.69. The van der Waals surface area contributed by atoms with E-state index in [0.29, 0.717) is 42.3 Å². The third kappa shape index (κ3) is 2.72. The summed E-state index contributed by atoms with van der Waals surface area (Å²) in [6.07, 6.45) is 2.70. The smallest absolute Gasteiger partial charge is 0.244 e. The number of ether oxygens (including phenoxy) is 1. The van der Waals surface area contributed by atoms with Crippen LogP contribution in [-0.2, 0) is 9.53 Å². The number of pyridine rings is 1. The predicted molar refractivity (Wildman–Crippen MR) is 82.4 cm³/mol. The van der Waals surface area contributed by atoms with Crippen molar-refractivity contribution in [2.75, 3.05) is 18.5 Å². The van der Waals surface area contributed by atoms with Crippen molar-refractivity contribution in [2.45, 2.75) is 18.4 Å². The van der Waals surface area contributed by atoms with Gasteiger partial charge >= 0.3 is 0 Å². The Morgan fingerprint density at radius 3 is 2.86 bits per heavy atom. The van der Waals surface area contributed by atoms with E-state index < -0.39 is 5.54 Å². The molecule has 0 unspecified atom stereocenters. The van der Waals surface area contributed by atoms with Crippen molar-refractivity contribution in [2.24, 2.45) is 5.73 Å². The van der Waals surface area contributed by atoms with E-state index in [0.717, 1.165) is 5.39 Å². The van der Waals surface area contributed by atoms with Gasteiger partial charge in [-0.3, -0.25) is 9.78 Å². The molecule has 1 aromatic carbocycles. The number of rotatable bonds is 2. The first-order valence-electron chi connectivity index (χ1n) is 6.81. The monoisotopic (exact) mass is 305 g/mol. The summed E-state index contributed by atoms with van der Waals surface area (Å²) in [6.45, 7) is 1.01. The van der Waals surface area contributed by atoms with Crippen LogP contribution >= 0.6 is 11.6 Å². The molecule has 0 saturated carbocycles. The molecule has 1 aromatic heterocycles. The van der Waals surface area contributed by atoms with E-state index in [-0.39, 0.29) is 5.91 Å². The molecule has 1 aliphatic rings. The fourth-order valence-corrected chi connectivity index (χ4v) is 2.67. The Balaban J connectivity index is 1.91. The minimum absolute atomic E-state index is 0.196. The van der Waals surface area contributed by atoms with Gasteiger partial charge in [0.05, 0.1) is 16.2 Å². The van der Waals surface area contributed by atoms with Crippen molar-refractivity contribution in [3.05, 3.63) is 35.5 Å². The summed E-state index contributed by atoms with van der Waals surface area (Å²) >= 11 is 6.13. The van der Waals surface area contributed by atoms with Crippen LogP contribution in [0.3, 0.4) is 0 Å². The minimum atomic E-state index is -0.883. The molecule has 3 N–H and O–H groups in total. The first kappa shape index (κ1) is 14.3. The largest absolute Gasteiger partial charge is 0.381 e. The van der Waals surface area contributed by atoms with Crippen molar-refractivity contribution in [1.82, 2.24) is 4.98 Å². The highest BCUT2D eigenvalue weighted by Crippen LogP contribution is 2.29. The number of carbonyl (C=O) groups excluding carboxylic acids is 1. The van der Waals surface area contributed by atoms with Gasteiger partial charge in [-0.1, -0.05) is 11.6 Å². The summed E-state index contributed by atoms with van der Waals surface area (Å²) < 4.78 is 5.26. The van der Waals surface area contributed by atoms with Crippen LogP contribution in [0.1, 0.15) is 12.8 Å². The molecule has 2 heterocycles. The minimum Gasteiger partial charge on any atom is -0.381 e. The standard InChI is InChI=1S/C15H16ClN3O2/c16-11-3-4-12(10-2-1-7-18-13(10)11)19-14(20)15(17)5-8-21-9-6-15/h1-4,7H,5-6,8-9,17H2,(H,19,20). The van der Waals surface area contributed by atoms with E-state index in [2.05, 4.69) is 10.3 Å². The molecule has 0 bridgehead atoms. The van der Waals surface area contributed by atoms with E-state index in [9.17, 15) is 4.79 Å². The van der Waals surface area contributed by atoms with E-state index in [4.69, 9.17) is 22.1 Å². The van der Waals surface area contributed by atoms with Crippen LogP contribution in [0.25, 0.3) is 10.9 Å². The normalized spacial score (nSPS) is 17.6. The fourth-order valence-electron chi connectivity index (χ4n) is 2.46. The molecule has 1 saturated heterocycles. The molecule has 110 valence electrons. The van der Waals surface area contributed by atoms with E-state index in [1.54, 1.807) is 24.4 Å². The lowest BCUT2D eigenvalue weighted by atomic mass is 9.90. The van der Waals surface area contributed by atoms with Gasteiger partial charge in [0.1, 0.15) is 5.54 Å². The average molecular weight is 306 g/mol. The van der Waals surface area contributed by atoms with Gasteiger partial charge in [-0.2, -0.15) is 0 Å². The Morgan fingerprint density at radius 2 is 2.10 bits per heavy atom. The van der Waals surface area contributed by atoms with Gasteiger partial charge < -0.3 is 15.8 Å². The van der Waals surface area contributed by atoms with Crippen LogP contribution in [0.15, 0.2) is 30.5 Å². The number of benzene rings is 1. The topological polar surface area (TPSA) is 77.2 Å². The second kappa shape index (κ2) is 5.60. The highest BCUT2D eigenvalue weighted by molar-refractivity contribution is 6.35. The summed E-state index contributed by atoms with van der Waals surface area (Å²) in [4.78, 5) is 16.7. The lowest BCUT2D eigenvalue weighted by Crippen LogP contribution is -2.54. The Bertz CT molecular complexity index is 684. The van der Waals surface area contributed by atoms with Gasteiger partial charge in [0.2, 0.25) is 5.91 Å². The number of anilines is 1. The van der Waals surface area contributed by atoms with Crippen molar-refractivity contribution in [3.8, 4) is 0 Å². The summed E-state index contributed by atoms with van der Waals surface area (Å²) in [5, 5.41) is 4.26. The number of carbonyl (C=O) groups is 1. The van der Waals surface area contributed by atoms with Gasteiger partial charge in [0.15, 0.2) is 0 Å². The number of nitrogens with two attached hydrogens (primary N) is 1. The molecular formula is C15H16ClN3O2. The van der Waals surface area contributed by atoms with Gasteiger partial charge in [0.25, 0.3) is 0 Å². The molecule has 2 aromatic rings. The lowest BCUT2D eigenvalue weighted by Gasteiger charge is -2.31. The predicted octanol–water partition coefficient (Wildman–Crippen LogP) is 2.33. The maximum atomic E-state index is 12.5. The molecule has 6 heteroatoms. The summed E-state index contributed by atoms with van der Waals surface area (Å²) in [7, 11) is 0. The van der Waals surface area contributed by atoms with Crippen LogP contribution in [0.4, 0.5) is 5.69 Å². The van der Waals surface area contributed by atoms with Gasteiger partial charge in [-0.15, -0.1) is 0 Å². The zero-order chi connectivity index (χ0) is 14.9. The van der Waals surface area contributed by atoms with Crippen molar-refractivity contribution >= 4 is 34.1 Å². The first-order chi connectivity index (χ1) is 10.1. The Labute approximate surface area is 127 Å². The zero-order valence-electron chi connectivity index (χ0n) is 11.4. The summed E-state index contributed by atoms with van der Waals surface area (Å²) in [5.41, 5.74) is 6.64. The van der Waals surface area contributed by atoms with Crippen LogP contribution in [0.2, 0.25) is 5.02 Å². The molecule has 1 fully saturated rings. The van der Waals surface area contributed by atoms with Crippen LogP contribution in [0, 0.1) is 0 Å². The molecule has 0 radical (unpaired) electrons. The third-order valence-electron chi connectivity index (χ3n) is 3.81. The molecule has 1 amide bonds. The maximum Gasteiger partial charge on any atom is 0.244 e. The molecule has 1 aliphatic heterocycles. The second-order valence-corrected chi connectivity index (χ2v) is 5.62. The lowest BCUT2D eigenvalue weighted by molar-refractivity contribution is -0.124. The van der Waals surface area contributed by atoms with E-state index in [1.807, 2.05) is 6.07 Å². The number of nitrogens with zero attached hydrogens (tertiary/aromatic N) is 1. The van der Waals surface area contributed by atoms with E-state index in [1.165, 1.54) is 0 Å². The van der Waals surface area contributed by atoms with Crippen molar-refractivity contribution in [3.63, 3.8) is 0 Å². The number of halogens is 1. The number of hydrogen-bond donors (Lipinski definition) is 2. The summed E-state index contributed by atoms with van der Waals surface area (Å²) in [5.74, 6) is -0.196. The molecule has 3 rings (SSSR count). The van der Waals surface area contributed by atoms with Gasteiger partial charge in [0, 0.05) is 24.8 Å².